The number of nitrogens with one attached hydrogen (secondary N) is 1. The van der Waals surface area contributed by atoms with Gasteiger partial charge in [0.25, 0.3) is 5.89 Å². The molecule has 1 saturated heterocycles. The quantitative estimate of drug-likeness (QED) is 0.318. The number of nitrogens with zero attached hydrogens (tertiary/aromatic N) is 6. The zero-order chi connectivity index (χ0) is 25.4. The molecule has 0 unspecified atom stereocenters. The van der Waals surface area contributed by atoms with E-state index in [1.165, 1.54) is 0 Å². The molecule has 0 saturated carbocycles. The molecule has 3 aromatic heterocycles. The molecule has 1 atom stereocenters. The molecule has 4 heterocycles. The molecular weight excluding hydrogens is 490 g/mol. The molecule has 2 N–H and O–H groups in total. The number of aromatic amines is 1. The predicted molar refractivity (Wildman–Crippen MR) is 142 cm³/mol. The normalized spacial score (nSPS) is 16.1. The van der Waals surface area contributed by atoms with E-state index in [1.54, 1.807) is 11.3 Å². The monoisotopic (exact) mass is 519 g/mol. The number of aromatic nitrogens is 5. The van der Waals surface area contributed by atoms with E-state index >= 15 is 0 Å². The van der Waals surface area contributed by atoms with Gasteiger partial charge >= 0.3 is 0 Å². The lowest BCUT2D eigenvalue weighted by Gasteiger charge is -2.34. The lowest BCUT2D eigenvalue weighted by atomic mass is 10.2. The molecule has 1 fully saturated rings. The van der Waals surface area contributed by atoms with Crippen molar-refractivity contribution in [1.82, 2.24) is 34.9 Å². The SMILES string of the molecule is Cc1nc2cc(-c3nc(CN4CCN(C[C@@H](O)COc5ccc6sc(C)nc6c5)CC4)no3)ccc2[nH]1. The average molecular weight is 520 g/mol. The maximum Gasteiger partial charge on any atom is 0.258 e. The highest BCUT2D eigenvalue weighted by molar-refractivity contribution is 7.18. The minimum atomic E-state index is -0.560. The first-order chi connectivity index (χ1) is 18.0. The molecule has 2 aromatic carbocycles. The van der Waals surface area contributed by atoms with E-state index in [4.69, 9.17) is 9.26 Å². The number of benzene rings is 2. The van der Waals surface area contributed by atoms with E-state index in [1.807, 2.05) is 50.2 Å². The van der Waals surface area contributed by atoms with Crippen LogP contribution in [-0.4, -0.2) is 85.4 Å². The molecule has 0 aliphatic carbocycles. The summed E-state index contributed by atoms with van der Waals surface area (Å²) in [4.78, 5) is 21.4. The largest absolute Gasteiger partial charge is 0.491 e. The van der Waals surface area contributed by atoms with Crippen molar-refractivity contribution in [2.45, 2.75) is 26.5 Å². The van der Waals surface area contributed by atoms with Gasteiger partial charge < -0.3 is 19.4 Å². The van der Waals surface area contributed by atoms with Gasteiger partial charge in [-0.25, -0.2) is 9.97 Å². The second-order valence-electron chi connectivity index (χ2n) is 9.47. The molecule has 0 bridgehead atoms. The van der Waals surface area contributed by atoms with Crippen LogP contribution >= 0.6 is 11.3 Å². The number of ether oxygens (including phenoxy) is 1. The van der Waals surface area contributed by atoms with E-state index in [0.29, 0.717) is 24.8 Å². The number of aryl methyl sites for hydroxylation is 2. The topological polar surface area (TPSA) is 116 Å². The second-order valence-corrected chi connectivity index (χ2v) is 10.7. The lowest BCUT2D eigenvalue weighted by molar-refractivity contribution is 0.0440. The number of rotatable bonds is 8. The Hall–Kier alpha value is -3.38. The van der Waals surface area contributed by atoms with Crippen LogP contribution in [0.2, 0.25) is 0 Å². The average Bonchev–Trinajstić information content (AvgIpc) is 3.60. The third kappa shape index (κ3) is 5.49. The summed E-state index contributed by atoms with van der Waals surface area (Å²) in [7, 11) is 0. The Bertz CT molecular complexity index is 1520. The van der Waals surface area contributed by atoms with Crippen molar-refractivity contribution in [3.63, 3.8) is 0 Å². The summed E-state index contributed by atoms with van der Waals surface area (Å²) in [6.45, 7) is 8.86. The van der Waals surface area contributed by atoms with Crippen LogP contribution in [0.4, 0.5) is 0 Å². The van der Waals surface area contributed by atoms with Crippen LogP contribution < -0.4 is 4.74 Å². The molecule has 0 radical (unpaired) electrons. The first-order valence-electron chi connectivity index (χ1n) is 12.4. The van der Waals surface area contributed by atoms with E-state index < -0.39 is 6.10 Å². The first kappa shape index (κ1) is 24.0. The number of piperazine rings is 1. The van der Waals surface area contributed by atoms with E-state index in [2.05, 4.69) is 34.9 Å². The van der Waals surface area contributed by atoms with Gasteiger partial charge in [0.05, 0.1) is 32.8 Å². The maximum absolute atomic E-state index is 10.5. The zero-order valence-corrected chi connectivity index (χ0v) is 21.7. The van der Waals surface area contributed by atoms with E-state index in [0.717, 1.165) is 69.6 Å². The fourth-order valence-corrected chi connectivity index (χ4v) is 5.49. The van der Waals surface area contributed by atoms with Gasteiger partial charge in [-0.1, -0.05) is 5.16 Å². The summed E-state index contributed by atoms with van der Waals surface area (Å²) in [5.41, 5.74) is 3.67. The van der Waals surface area contributed by atoms with Crippen molar-refractivity contribution in [2.75, 3.05) is 39.3 Å². The number of fused-ring (bicyclic) bond motifs is 2. The summed E-state index contributed by atoms with van der Waals surface area (Å²) in [5, 5.41) is 15.7. The highest BCUT2D eigenvalue weighted by atomic mass is 32.1. The highest BCUT2D eigenvalue weighted by Gasteiger charge is 2.21. The Balaban J connectivity index is 0.966. The molecule has 1 aliphatic heterocycles. The second kappa shape index (κ2) is 10.2. The van der Waals surface area contributed by atoms with Gasteiger partial charge in [0.2, 0.25) is 0 Å². The van der Waals surface area contributed by atoms with Crippen LogP contribution in [0.1, 0.15) is 16.7 Å². The van der Waals surface area contributed by atoms with Crippen LogP contribution in [-0.2, 0) is 6.54 Å². The molecule has 10 nitrogen and oxygen atoms in total. The molecule has 0 amide bonds. The van der Waals surface area contributed by atoms with Crippen LogP contribution in [0.15, 0.2) is 40.9 Å². The highest BCUT2D eigenvalue weighted by Crippen LogP contribution is 2.26. The molecule has 1 aliphatic rings. The third-order valence-electron chi connectivity index (χ3n) is 6.52. The number of imidazole rings is 1. The van der Waals surface area contributed by atoms with E-state index in [9.17, 15) is 5.11 Å². The van der Waals surface area contributed by atoms with Crippen LogP contribution in [0.5, 0.6) is 5.75 Å². The van der Waals surface area contributed by atoms with Gasteiger partial charge in [-0.2, -0.15) is 4.98 Å². The molecule has 11 heteroatoms. The van der Waals surface area contributed by atoms with Gasteiger partial charge in [0.15, 0.2) is 5.82 Å². The fraction of sp³-hybridized carbons (Fsp3) is 0.385. The number of aliphatic hydroxyl groups is 1. The minimum Gasteiger partial charge on any atom is -0.491 e. The number of aliphatic hydroxyl groups excluding tert-OH is 1. The first-order valence-corrected chi connectivity index (χ1v) is 13.2. The van der Waals surface area contributed by atoms with Crippen LogP contribution in [0, 0.1) is 13.8 Å². The van der Waals surface area contributed by atoms with Crippen molar-refractivity contribution in [3.05, 3.63) is 53.1 Å². The molecule has 37 heavy (non-hydrogen) atoms. The molecule has 5 aromatic rings. The van der Waals surface area contributed by atoms with Crippen molar-refractivity contribution in [3.8, 4) is 17.2 Å². The zero-order valence-electron chi connectivity index (χ0n) is 20.8. The standard InChI is InChI=1S/C26H29N7O3S/c1-16-27-21-5-3-18(11-22(21)28-16)26-30-25(31-36-26)14-33-9-7-32(8-10-33)13-19(34)15-35-20-4-6-24-23(12-20)29-17(2)37-24/h3-6,11-12,19,34H,7-10,13-15H2,1-2H3,(H,27,28)/t19-/m1/s1. The summed E-state index contributed by atoms with van der Waals surface area (Å²) in [6, 6.07) is 11.8. The Morgan fingerprint density at radius 3 is 2.73 bits per heavy atom. The molecule has 192 valence electrons. The van der Waals surface area contributed by atoms with Crippen molar-refractivity contribution in [1.29, 1.82) is 0 Å². The van der Waals surface area contributed by atoms with Crippen molar-refractivity contribution >= 4 is 32.6 Å². The molecular formula is C26H29N7O3S. The Morgan fingerprint density at radius 1 is 1.03 bits per heavy atom. The predicted octanol–water partition coefficient (Wildman–Crippen LogP) is 3.40. The minimum absolute atomic E-state index is 0.254. The Morgan fingerprint density at radius 2 is 1.86 bits per heavy atom. The number of hydrogen-bond donors (Lipinski definition) is 2. The van der Waals surface area contributed by atoms with E-state index in [-0.39, 0.29) is 6.61 Å². The van der Waals surface area contributed by atoms with Gasteiger partial charge in [0, 0.05) is 44.4 Å². The summed E-state index contributed by atoms with van der Waals surface area (Å²) < 4.78 is 12.5. The number of thiazole rings is 1. The molecule has 0 spiro atoms. The Labute approximate surface area is 217 Å². The van der Waals surface area contributed by atoms with Gasteiger partial charge in [-0.15, -0.1) is 11.3 Å². The van der Waals surface area contributed by atoms with Gasteiger partial charge in [0.1, 0.15) is 24.3 Å². The van der Waals surface area contributed by atoms with Crippen LogP contribution in [0.25, 0.3) is 32.7 Å². The lowest BCUT2D eigenvalue weighted by Crippen LogP contribution is -2.48. The number of hydrogen-bond acceptors (Lipinski definition) is 10. The van der Waals surface area contributed by atoms with Crippen molar-refractivity contribution < 1.29 is 14.4 Å². The van der Waals surface area contributed by atoms with Gasteiger partial charge in [-0.05, 0) is 44.2 Å². The maximum atomic E-state index is 10.5. The fourth-order valence-electron chi connectivity index (χ4n) is 4.69. The summed E-state index contributed by atoms with van der Waals surface area (Å²) in [5.74, 6) is 2.78. The molecule has 6 rings (SSSR count). The van der Waals surface area contributed by atoms with Crippen molar-refractivity contribution in [2.24, 2.45) is 0 Å². The summed E-state index contributed by atoms with van der Waals surface area (Å²) >= 11 is 1.67. The van der Waals surface area contributed by atoms with Gasteiger partial charge in [-0.3, -0.25) is 9.80 Å². The third-order valence-corrected chi connectivity index (χ3v) is 7.48. The summed E-state index contributed by atoms with van der Waals surface area (Å²) in [6.07, 6.45) is -0.560. The number of H-pyrrole nitrogens is 1. The smallest absolute Gasteiger partial charge is 0.258 e. The Kier molecular flexibility index (Phi) is 6.59. The number of β-amino-alcohol motifs (C(OH)–C–C–N with tert-alkyl or cyclic N) is 1. The van der Waals surface area contributed by atoms with Crippen LogP contribution in [0.3, 0.4) is 0 Å².